The van der Waals surface area contributed by atoms with Crippen molar-refractivity contribution in [2.45, 2.75) is 39.6 Å². The summed E-state index contributed by atoms with van der Waals surface area (Å²) < 4.78 is 16.3. The first kappa shape index (κ1) is 25.0. The Morgan fingerprint density at radius 2 is 1.52 bits per heavy atom. The first-order chi connectivity index (χ1) is 13.5. The molecule has 2 aromatic carbocycles. The summed E-state index contributed by atoms with van der Waals surface area (Å²) in [6.45, 7) is 6.01. The second-order valence-electron chi connectivity index (χ2n) is 6.65. The number of rotatable bonds is 9. The van der Waals surface area contributed by atoms with Crippen LogP contribution in [0, 0.1) is 0 Å². The number of benzene rings is 2. The lowest BCUT2D eigenvalue weighted by atomic mass is 10.1. The van der Waals surface area contributed by atoms with Crippen LogP contribution in [0.4, 0.5) is 0 Å². The van der Waals surface area contributed by atoms with Crippen molar-refractivity contribution < 1.29 is 14.2 Å². The predicted molar refractivity (Wildman–Crippen MR) is 128 cm³/mol. The number of aliphatic imine (C=N–C) groups is 1. The second-order valence-corrected chi connectivity index (χ2v) is 6.65. The molecule has 0 aromatic heterocycles. The zero-order valence-electron chi connectivity index (χ0n) is 17.8. The van der Waals surface area contributed by atoms with Gasteiger partial charge in [-0.25, -0.2) is 0 Å². The molecule has 2 rings (SSSR count). The van der Waals surface area contributed by atoms with E-state index in [0.717, 1.165) is 17.3 Å². The van der Waals surface area contributed by atoms with E-state index in [9.17, 15) is 0 Å². The fraction of sp³-hybridized carbons (Fsp3) is 0.409. The van der Waals surface area contributed by atoms with Gasteiger partial charge in [-0.3, -0.25) is 4.99 Å². The van der Waals surface area contributed by atoms with Gasteiger partial charge in [-0.2, -0.15) is 0 Å². The van der Waals surface area contributed by atoms with Gasteiger partial charge in [0.2, 0.25) is 0 Å². The van der Waals surface area contributed by atoms with E-state index >= 15 is 0 Å². The smallest absolute Gasteiger partial charge is 0.191 e. The van der Waals surface area contributed by atoms with Gasteiger partial charge in [0, 0.05) is 20.1 Å². The van der Waals surface area contributed by atoms with E-state index in [4.69, 9.17) is 14.2 Å². The zero-order chi connectivity index (χ0) is 20.4. The minimum Gasteiger partial charge on any atom is -0.493 e. The summed E-state index contributed by atoms with van der Waals surface area (Å²) >= 11 is 0. The molecule has 0 saturated carbocycles. The fourth-order valence-corrected chi connectivity index (χ4v) is 2.68. The molecule has 0 amide bonds. The average molecular weight is 513 g/mol. The molecule has 0 aliphatic rings. The molecule has 2 N–H and O–H groups in total. The van der Waals surface area contributed by atoms with Crippen LogP contribution in [0.25, 0.3) is 0 Å². The molecule has 0 spiro atoms. The number of methoxy groups -OCH3 is 2. The van der Waals surface area contributed by atoms with Gasteiger partial charge >= 0.3 is 0 Å². The van der Waals surface area contributed by atoms with Crippen LogP contribution in [0.3, 0.4) is 0 Å². The maximum atomic E-state index is 5.68. The predicted octanol–water partition coefficient (Wildman–Crippen LogP) is 4.11. The van der Waals surface area contributed by atoms with E-state index < -0.39 is 0 Å². The lowest BCUT2D eigenvalue weighted by molar-refractivity contribution is 0.0657. The number of hydrogen-bond acceptors (Lipinski definition) is 4. The topological polar surface area (TPSA) is 64.1 Å². The van der Waals surface area contributed by atoms with Crippen molar-refractivity contribution in [2.75, 3.05) is 21.3 Å². The van der Waals surface area contributed by atoms with Crippen LogP contribution >= 0.6 is 24.0 Å². The fourth-order valence-electron chi connectivity index (χ4n) is 2.68. The molecule has 6 nitrogen and oxygen atoms in total. The lowest BCUT2D eigenvalue weighted by Gasteiger charge is -2.14. The van der Waals surface area contributed by atoms with Crippen molar-refractivity contribution in [3.63, 3.8) is 0 Å². The number of ether oxygens (including phenoxy) is 3. The standard InChI is InChI=1S/C22H31N3O3.HI/c1-16(2)28-15-19-8-6-7-17(11-19)13-24-22(23-3)25-14-18-9-10-20(26-4)21(12-18)27-5;/h6-12,16H,13-15H2,1-5H3,(H2,23,24,25);1H. The Morgan fingerprint density at radius 1 is 0.897 bits per heavy atom. The summed E-state index contributed by atoms with van der Waals surface area (Å²) in [6.07, 6.45) is 0.224. The Labute approximate surface area is 191 Å². The van der Waals surface area contributed by atoms with Gasteiger partial charge in [0.25, 0.3) is 0 Å². The molecule has 0 aliphatic carbocycles. The third-order valence-corrected chi connectivity index (χ3v) is 4.17. The number of guanidine groups is 1. The van der Waals surface area contributed by atoms with Crippen molar-refractivity contribution in [3.05, 3.63) is 59.2 Å². The quantitative estimate of drug-likeness (QED) is 0.300. The van der Waals surface area contributed by atoms with Crippen LogP contribution in [0.5, 0.6) is 11.5 Å². The van der Waals surface area contributed by atoms with E-state index in [1.807, 2.05) is 32.0 Å². The van der Waals surface area contributed by atoms with Gasteiger partial charge in [0.1, 0.15) is 0 Å². The molecule has 0 unspecified atom stereocenters. The van der Waals surface area contributed by atoms with E-state index in [-0.39, 0.29) is 30.1 Å². The largest absolute Gasteiger partial charge is 0.493 e. The van der Waals surface area contributed by atoms with Crippen molar-refractivity contribution >= 4 is 29.9 Å². The molecule has 0 fully saturated rings. The van der Waals surface area contributed by atoms with Gasteiger partial charge in [0.05, 0.1) is 26.9 Å². The highest BCUT2D eigenvalue weighted by atomic mass is 127. The van der Waals surface area contributed by atoms with Crippen LogP contribution in [0.15, 0.2) is 47.5 Å². The summed E-state index contributed by atoms with van der Waals surface area (Å²) in [6, 6.07) is 14.2. The molecular formula is C22H32IN3O3. The molecule has 2 aromatic rings. The monoisotopic (exact) mass is 513 g/mol. The molecular weight excluding hydrogens is 481 g/mol. The molecule has 0 bridgehead atoms. The highest BCUT2D eigenvalue weighted by molar-refractivity contribution is 14.0. The number of halogens is 1. The first-order valence-corrected chi connectivity index (χ1v) is 9.40. The lowest BCUT2D eigenvalue weighted by Crippen LogP contribution is -2.36. The highest BCUT2D eigenvalue weighted by Crippen LogP contribution is 2.27. The summed E-state index contributed by atoms with van der Waals surface area (Å²) in [7, 11) is 5.03. The van der Waals surface area contributed by atoms with E-state index in [2.05, 4.69) is 39.9 Å². The maximum absolute atomic E-state index is 5.68. The van der Waals surface area contributed by atoms with Crippen molar-refractivity contribution in [1.29, 1.82) is 0 Å². The molecule has 160 valence electrons. The Balaban J connectivity index is 0.00000420. The molecule has 0 heterocycles. The SMILES string of the molecule is CN=C(NCc1cccc(COC(C)C)c1)NCc1ccc(OC)c(OC)c1.I. The summed E-state index contributed by atoms with van der Waals surface area (Å²) in [5.74, 6) is 2.17. The first-order valence-electron chi connectivity index (χ1n) is 9.40. The Bertz CT molecular complexity index is 782. The highest BCUT2D eigenvalue weighted by Gasteiger charge is 2.06. The molecule has 0 saturated heterocycles. The van der Waals surface area contributed by atoms with Crippen LogP contribution in [0.2, 0.25) is 0 Å². The van der Waals surface area contributed by atoms with E-state index in [1.54, 1.807) is 21.3 Å². The summed E-state index contributed by atoms with van der Waals surface area (Å²) in [5, 5.41) is 6.66. The van der Waals surface area contributed by atoms with Crippen LogP contribution in [-0.4, -0.2) is 33.3 Å². The normalized spacial score (nSPS) is 11.0. The minimum absolute atomic E-state index is 0. The van der Waals surface area contributed by atoms with Crippen molar-refractivity contribution in [3.8, 4) is 11.5 Å². The third-order valence-electron chi connectivity index (χ3n) is 4.17. The van der Waals surface area contributed by atoms with Gasteiger partial charge in [0.15, 0.2) is 17.5 Å². The maximum Gasteiger partial charge on any atom is 0.191 e. The molecule has 0 aliphatic heterocycles. The van der Waals surface area contributed by atoms with E-state index in [0.29, 0.717) is 25.4 Å². The molecule has 7 heteroatoms. The zero-order valence-corrected chi connectivity index (χ0v) is 20.2. The Kier molecular flexibility index (Phi) is 11.5. The van der Waals surface area contributed by atoms with Gasteiger partial charge in [-0.15, -0.1) is 24.0 Å². The number of hydrogen-bond donors (Lipinski definition) is 2. The molecule has 0 radical (unpaired) electrons. The second kappa shape index (κ2) is 13.3. The van der Waals surface area contributed by atoms with Crippen molar-refractivity contribution in [2.24, 2.45) is 4.99 Å². The molecule has 0 atom stereocenters. The number of nitrogens with zero attached hydrogens (tertiary/aromatic N) is 1. The number of nitrogens with one attached hydrogen (secondary N) is 2. The van der Waals surface area contributed by atoms with Crippen molar-refractivity contribution in [1.82, 2.24) is 10.6 Å². The summed E-state index contributed by atoms with van der Waals surface area (Å²) in [5.41, 5.74) is 3.42. The van der Waals surface area contributed by atoms with Crippen LogP contribution in [0.1, 0.15) is 30.5 Å². The minimum atomic E-state index is 0. The van der Waals surface area contributed by atoms with E-state index in [1.165, 1.54) is 11.1 Å². The Morgan fingerprint density at radius 3 is 2.10 bits per heavy atom. The van der Waals surface area contributed by atoms with Gasteiger partial charge in [-0.1, -0.05) is 30.3 Å². The third kappa shape index (κ3) is 8.49. The Hall–Kier alpha value is -2.00. The van der Waals surface area contributed by atoms with Crippen LogP contribution < -0.4 is 20.1 Å². The summed E-state index contributed by atoms with van der Waals surface area (Å²) in [4.78, 5) is 4.29. The van der Waals surface area contributed by atoms with Gasteiger partial charge < -0.3 is 24.8 Å². The van der Waals surface area contributed by atoms with Gasteiger partial charge in [-0.05, 0) is 42.7 Å². The average Bonchev–Trinajstić information content (AvgIpc) is 2.72. The van der Waals surface area contributed by atoms with Crippen LogP contribution in [-0.2, 0) is 24.4 Å². The molecule has 29 heavy (non-hydrogen) atoms.